The number of benzene rings is 3. The van der Waals surface area contributed by atoms with E-state index in [0.717, 1.165) is 37.2 Å². The Kier molecular flexibility index (Phi) is 8.27. The quantitative estimate of drug-likeness (QED) is 0.169. The van der Waals surface area contributed by atoms with E-state index in [2.05, 4.69) is 21.7 Å². The Morgan fingerprint density at radius 1 is 1.00 bits per heavy atom. The number of carbonyl (C=O) groups is 2. The molecule has 218 valence electrons. The third kappa shape index (κ3) is 6.19. The summed E-state index contributed by atoms with van der Waals surface area (Å²) in [5, 5.41) is 14.8. The van der Waals surface area contributed by atoms with Gasteiger partial charge in [0.25, 0.3) is 0 Å². The number of nitrogens with one attached hydrogen (secondary N) is 2. The Morgan fingerprint density at radius 2 is 1.86 bits per heavy atom. The molecule has 0 saturated carbocycles. The van der Waals surface area contributed by atoms with Crippen LogP contribution in [0.25, 0.3) is 20.7 Å². The van der Waals surface area contributed by atoms with Gasteiger partial charge in [-0.15, -0.1) is 11.3 Å². The lowest BCUT2D eigenvalue weighted by molar-refractivity contribution is 0.209. The zero-order chi connectivity index (χ0) is 29.8. The number of para-hydroxylation sites is 1. The van der Waals surface area contributed by atoms with Gasteiger partial charge in [0.1, 0.15) is 5.75 Å². The number of thiophene rings is 1. The second-order valence-corrected chi connectivity index (χ2v) is 10.9. The first-order valence-corrected chi connectivity index (χ1v) is 14.5. The number of hydrogen-bond donors (Lipinski definition) is 3. The third-order valence-corrected chi connectivity index (χ3v) is 8.12. The van der Waals surface area contributed by atoms with E-state index >= 15 is 4.39 Å². The van der Waals surface area contributed by atoms with Gasteiger partial charge in [0.05, 0.1) is 23.4 Å². The van der Waals surface area contributed by atoms with Crippen LogP contribution in [0.2, 0.25) is 0 Å². The van der Waals surface area contributed by atoms with Gasteiger partial charge < -0.3 is 20.5 Å². The number of halogens is 1. The smallest absolute Gasteiger partial charge is 0.332 e. The summed E-state index contributed by atoms with van der Waals surface area (Å²) < 4.78 is 21.9. The molecule has 9 nitrogen and oxygen atoms in total. The van der Waals surface area contributed by atoms with Crippen LogP contribution in [0.15, 0.2) is 91.1 Å². The molecule has 0 atom stereocenters. The van der Waals surface area contributed by atoms with Crippen molar-refractivity contribution in [3.63, 3.8) is 0 Å². The molecule has 1 aliphatic heterocycles. The van der Waals surface area contributed by atoms with Gasteiger partial charge >= 0.3 is 12.1 Å². The van der Waals surface area contributed by atoms with Gasteiger partial charge in [-0.2, -0.15) is 0 Å². The molecule has 6 rings (SSSR count). The van der Waals surface area contributed by atoms with Gasteiger partial charge in [0.15, 0.2) is 11.6 Å². The summed E-state index contributed by atoms with van der Waals surface area (Å²) in [6.45, 7) is 1.83. The maximum atomic E-state index is 15.2. The summed E-state index contributed by atoms with van der Waals surface area (Å²) in [7, 11) is 0. The van der Waals surface area contributed by atoms with E-state index in [-0.39, 0.29) is 24.6 Å². The average molecular weight is 598 g/mol. The SMILES string of the molecule is O=C(Nc1ccc(Oc2ccnc3cc(-c4cccc(CNCCO)c4)sc23)c(F)c1)N1CCN(c2ccccc2)C1=O. The fourth-order valence-electron chi connectivity index (χ4n) is 4.83. The molecule has 0 radical (unpaired) electrons. The molecular weight excluding hydrogens is 569 g/mol. The van der Waals surface area contributed by atoms with Gasteiger partial charge in [-0.05, 0) is 47.5 Å². The Labute approximate surface area is 251 Å². The largest absolute Gasteiger partial charge is 0.453 e. The molecule has 3 heterocycles. The van der Waals surface area contributed by atoms with Gasteiger partial charge in [-0.3, -0.25) is 9.88 Å². The minimum Gasteiger partial charge on any atom is -0.453 e. The van der Waals surface area contributed by atoms with E-state index in [0.29, 0.717) is 31.1 Å². The van der Waals surface area contributed by atoms with Crippen LogP contribution in [0.1, 0.15) is 5.56 Å². The van der Waals surface area contributed by atoms with Gasteiger partial charge in [0.2, 0.25) is 0 Å². The highest BCUT2D eigenvalue weighted by Gasteiger charge is 2.34. The maximum Gasteiger partial charge on any atom is 0.332 e. The standard InChI is InChI=1S/C32H28FN5O4S/c33-25-18-23(36-31(40)38-15-14-37(32(38)41)24-7-2-1-3-8-24)9-10-27(25)42-28-11-12-35-26-19-29(43-30(26)28)22-6-4-5-21(17-22)20-34-13-16-39/h1-12,17-19,34,39H,13-16,20H2,(H,36,40). The van der Waals surface area contributed by atoms with Crippen LogP contribution in [-0.2, 0) is 6.54 Å². The first-order chi connectivity index (χ1) is 21.0. The molecule has 2 aromatic heterocycles. The predicted molar refractivity (Wildman–Crippen MR) is 165 cm³/mol. The van der Waals surface area contributed by atoms with Gasteiger partial charge in [-0.1, -0.05) is 36.4 Å². The van der Waals surface area contributed by atoms with Crippen molar-refractivity contribution in [2.75, 3.05) is 36.5 Å². The summed E-state index contributed by atoms with van der Waals surface area (Å²) in [6.07, 6.45) is 1.61. The second kappa shape index (κ2) is 12.6. The highest BCUT2D eigenvalue weighted by atomic mass is 32.1. The van der Waals surface area contributed by atoms with E-state index < -0.39 is 17.9 Å². The number of nitrogens with zero attached hydrogens (tertiary/aromatic N) is 3. The number of rotatable bonds is 9. The van der Waals surface area contributed by atoms with Crippen LogP contribution in [0.3, 0.4) is 0 Å². The van der Waals surface area contributed by atoms with Crippen LogP contribution < -0.4 is 20.3 Å². The van der Waals surface area contributed by atoms with E-state index in [1.165, 1.54) is 28.4 Å². The number of aromatic nitrogens is 1. The number of hydrogen-bond acceptors (Lipinski definition) is 7. The number of pyridine rings is 1. The Bertz CT molecular complexity index is 1780. The normalized spacial score (nSPS) is 13.1. The molecule has 3 aromatic carbocycles. The van der Waals surface area contributed by atoms with Gasteiger partial charge in [-0.25, -0.2) is 18.9 Å². The number of imide groups is 1. The number of ether oxygens (including phenoxy) is 1. The molecule has 0 unspecified atom stereocenters. The number of anilines is 2. The van der Waals surface area contributed by atoms with Crippen molar-refractivity contribution in [3.8, 4) is 21.9 Å². The van der Waals surface area contributed by atoms with Crippen LogP contribution >= 0.6 is 11.3 Å². The molecular formula is C32H28FN5O4S. The van der Waals surface area contributed by atoms with Crippen LogP contribution in [0.4, 0.5) is 25.4 Å². The first-order valence-electron chi connectivity index (χ1n) is 13.7. The topological polar surface area (TPSA) is 107 Å². The summed E-state index contributed by atoms with van der Waals surface area (Å²) >= 11 is 1.49. The number of aliphatic hydroxyl groups is 1. The van der Waals surface area contributed by atoms with Crippen molar-refractivity contribution >= 4 is 45.0 Å². The van der Waals surface area contributed by atoms with Crippen molar-refractivity contribution in [2.24, 2.45) is 0 Å². The molecule has 0 spiro atoms. The molecule has 3 N–H and O–H groups in total. The summed E-state index contributed by atoms with van der Waals surface area (Å²) in [5.74, 6) is -0.215. The van der Waals surface area contributed by atoms with E-state index in [4.69, 9.17) is 9.84 Å². The molecule has 1 fully saturated rings. The molecule has 0 bridgehead atoms. The van der Waals surface area contributed by atoms with E-state index in [1.54, 1.807) is 24.4 Å². The number of aliphatic hydroxyl groups excluding tert-OH is 1. The molecule has 4 amide bonds. The van der Waals surface area contributed by atoms with Crippen molar-refractivity contribution in [1.82, 2.24) is 15.2 Å². The third-order valence-electron chi connectivity index (χ3n) is 6.93. The molecule has 5 aromatic rings. The molecule has 1 saturated heterocycles. The van der Waals surface area contributed by atoms with E-state index in [9.17, 15) is 9.59 Å². The van der Waals surface area contributed by atoms with Crippen molar-refractivity contribution < 1.29 is 23.8 Å². The van der Waals surface area contributed by atoms with Crippen molar-refractivity contribution in [2.45, 2.75) is 6.54 Å². The number of carbonyl (C=O) groups excluding carboxylic acids is 2. The fourth-order valence-corrected chi connectivity index (χ4v) is 5.89. The minimum absolute atomic E-state index is 0.00935. The fraction of sp³-hybridized carbons (Fsp3) is 0.156. The second-order valence-electron chi connectivity index (χ2n) is 9.83. The van der Waals surface area contributed by atoms with Crippen LogP contribution in [-0.4, -0.2) is 53.3 Å². The maximum absolute atomic E-state index is 15.2. The summed E-state index contributed by atoms with van der Waals surface area (Å²) in [6, 6.07) is 23.9. The number of amides is 4. The summed E-state index contributed by atoms with van der Waals surface area (Å²) in [4.78, 5) is 33.7. The zero-order valence-electron chi connectivity index (χ0n) is 23.0. The van der Waals surface area contributed by atoms with E-state index in [1.807, 2.05) is 42.5 Å². The van der Waals surface area contributed by atoms with Crippen LogP contribution in [0, 0.1) is 5.82 Å². The molecule has 11 heteroatoms. The van der Waals surface area contributed by atoms with Crippen LogP contribution in [0.5, 0.6) is 11.5 Å². The Balaban J connectivity index is 1.15. The Morgan fingerprint density at radius 3 is 2.67 bits per heavy atom. The Hall–Kier alpha value is -4.84. The van der Waals surface area contributed by atoms with Crippen molar-refractivity contribution in [3.05, 3.63) is 103 Å². The minimum atomic E-state index is -0.665. The van der Waals surface area contributed by atoms with Gasteiger partial charge in [0, 0.05) is 54.2 Å². The molecule has 1 aliphatic rings. The zero-order valence-corrected chi connectivity index (χ0v) is 23.8. The lowest BCUT2D eigenvalue weighted by Gasteiger charge is -2.18. The summed E-state index contributed by atoms with van der Waals surface area (Å²) in [5.41, 5.74) is 3.74. The first kappa shape index (κ1) is 28.3. The average Bonchev–Trinajstić information content (AvgIpc) is 3.64. The number of urea groups is 2. The highest BCUT2D eigenvalue weighted by Crippen LogP contribution is 2.40. The molecule has 43 heavy (non-hydrogen) atoms. The lowest BCUT2D eigenvalue weighted by Crippen LogP contribution is -2.39. The lowest BCUT2D eigenvalue weighted by atomic mass is 10.1. The monoisotopic (exact) mass is 597 g/mol. The predicted octanol–water partition coefficient (Wildman–Crippen LogP) is 6.45. The van der Waals surface area contributed by atoms with Crippen molar-refractivity contribution in [1.29, 1.82) is 0 Å². The highest BCUT2D eigenvalue weighted by molar-refractivity contribution is 7.22. The number of fused-ring (bicyclic) bond motifs is 1. The molecule has 0 aliphatic carbocycles.